The predicted molar refractivity (Wildman–Crippen MR) is 83.7 cm³/mol. The Balaban J connectivity index is 1.51. The predicted octanol–water partition coefficient (Wildman–Crippen LogP) is 1.80. The monoisotopic (exact) mass is 319 g/mol. The number of aliphatic hydroxyl groups is 1. The Morgan fingerprint density at radius 1 is 1.26 bits per heavy atom. The quantitative estimate of drug-likeness (QED) is 0.568. The second-order valence-electron chi connectivity index (χ2n) is 6.46. The number of fused-ring (bicyclic) bond motifs is 2. The molecule has 4 atom stereocenters. The zero-order valence-electron chi connectivity index (χ0n) is 12.8. The summed E-state index contributed by atoms with van der Waals surface area (Å²) in [7, 11) is 0. The summed E-state index contributed by atoms with van der Waals surface area (Å²) in [6.07, 6.45) is 3.37. The van der Waals surface area contributed by atoms with Crippen molar-refractivity contribution in [3.8, 4) is 0 Å². The zero-order chi connectivity index (χ0) is 16.4. The Morgan fingerprint density at radius 2 is 1.96 bits per heavy atom. The van der Waals surface area contributed by atoms with E-state index in [2.05, 4.69) is 10.6 Å². The fraction of sp³-hybridized carbons (Fsp3) is 0.562. The standard InChI is InChI=1S/C16H21N3O4/c20-9-14-11-3-4-12(7-11)15(14)18-16(21)17-8-10-1-5-13(6-2-10)19(22)23/h1-2,5-6,11-12,14-15,20H,3-4,7-9H2,(H2,17,18,21). The van der Waals surface area contributed by atoms with Crippen molar-refractivity contribution in [1.82, 2.24) is 10.6 Å². The summed E-state index contributed by atoms with van der Waals surface area (Å²) in [5, 5.41) is 25.9. The van der Waals surface area contributed by atoms with Crippen LogP contribution < -0.4 is 10.6 Å². The van der Waals surface area contributed by atoms with Crippen molar-refractivity contribution in [2.24, 2.45) is 17.8 Å². The number of non-ortho nitro benzene ring substituents is 1. The van der Waals surface area contributed by atoms with Crippen molar-refractivity contribution in [3.05, 3.63) is 39.9 Å². The van der Waals surface area contributed by atoms with Crippen LogP contribution in [0.25, 0.3) is 0 Å². The van der Waals surface area contributed by atoms with Crippen LogP contribution >= 0.6 is 0 Å². The highest BCUT2D eigenvalue weighted by Gasteiger charge is 2.47. The Bertz CT molecular complexity index is 589. The van der Waals surface area contributed by atoms with Crippen LogP contribution in [0, 0.1) is 27.9 Å². The van der Waals surface area contributed by atoms with Gasteiger partial charge in [0.2, 0.25) is 0 Å². The number of nitro benzene ring substituents is 1. The van der Waals surface area contributed by atoms with Gasteiger partial charge in [-0.25, -0.2) is 4.79 Å². The molecule has 0 heterocycles. The molecule has 2 aliphatic rings. The SMILES string of the molecule is O=C(NCc1ccc([N+](=O)[O-])cc1)NC1C2CCC(C2)C1CO. The van der Waals surface area contributed by atoms with Gasteiger partial charge in [-0.3, -0.25) is 10.1 Å². The number of hydrogen-bond acceptors (Lipinski definition) is 4. The Kier molecular flexibility index (Phi) is 4.47. The number of carbonyl (C=O) groups is 1. The van der Waals surface area contributed by atoms with E-state index in [1.54, 1.807) is 12.1 Å². The van der Waals surface area contributed by atoms with E-state index in [0.29, 0.717) is 18.4 Å². The number of nitrogens with one attached hydrogen (secondary N) is 2. The van der Waals surface area contributed by atoms with Crippen molar-refractivity contribution in [1.29, 1.82) is 0 Å². The Labute approximate surface area is 134 Å². The first kappa shape index (κ1) is 15.7. The van der Waals surface area contributed by atoms with Crippen molar-refractivity contribution >= 4 is 11.7 Å². The summed E-state index contributed by atoms with van der Waals surface area (Å²) in [6, 6.07) is 5.91. The number of rotatable bonds is 5. The molecule has 4 unspecified atom stereocenters. The Hall–Kier alpha value is -2.15. The summed E-state index contributed by atoms with van der Waals surface area (Å²) in [4.78, 5) is 22.2. The molecule has 2 aliphatic carbocycles. The molecule has 0 aliphatic heterocycles. The molecular formula is C16H21N3O4. The molecule has 2 amide bonds. The molecule has 0 spiro atoms. The number of hydrogen-bond donors (Lipinski definition) is 3. The largest absolute Gasteiger partial charge is 0.396 e. The lowest BCUT2D eigenvalue weighted by Gasteiger charge is -2.30. The smallest absolute Gasteiger partial charge is 0.315 e. The van der Waals surface area contributed by atoms with Gasteiger partial charge in [0.1, 0.15) is 0 Å². The fourth-order valence-electron chi connectivity index (χ4n) is 4.02. The lowest BCUT2D eigenvalue weighted by atomic mass is 9.85. The second kappa shape index (κ2) is 6.54. The van der Waals surface area contributed by atoms with E-state index in [1.807, 2.05) is 0 Å². The van der Waals surface area contributed by atoms with E-state index in [0.717, 1.165) is 24.8 Å². The minimum Gasteiger partial charge on any atom is -0.396 e. The van der Waals surface area contributed by atoms with Gasteiger partial charge in [-0.15, -0.1) is 0 Å². The molecule has 0 saturated heterocycles. The summed E-state index contributed by atoms with van der Waals surface area (Å²) < 4.78 is 0. The maximum absolute atomic E-state index is 12.1. The third kappa shape index (κ3) is 3.29. The van der Waals surface area contributed by atoms with Gasteiger partial charge < -0.3 is 15.7 Å². The molecule has 3 rings (SSSR count). The van der Waals surface area contributed by atoms with Crippen LogP contribution in [-0.4, -0.2) is 28.7 Å². The first-order chi connectivity index (χ1) is 11.1. The van der Waals surface area contributed by atoms with Gasteiger partial charge in [0.15, 0.2) is 0 Å². The molecule has 2 bridgehead atoms. The zero-order valence-corrected chi connectivity index (χ0v) is 12.8. The van der Waals surface area contributed by atoms with E-state index in [1.165, 1.54) is 12.1 Å². The number of carbonyl (C=O) groups excluding carboxylic acids is 1. The normalized spacial score (nSPS) is 28.6. The molecule has 124 valence electrons. The first-order valence-electron chi connectivity index (χ1n) is 7.97. The number of aliphatic hydroxyl groups excluding tert-OH is 1. The van der Waals surface area contributed by atoms with Crippen LogP contribution in [0.1, 0.15) is 24.8 Å². The molecule has 1 aromatic carbocycles. The minimum absolute atomic E-state index is 0.0333. The highest BCUT2D eigenvalue weighted by atomic mass is 16.6. The number of nitro groups is 1. The molecule has 2 saturated carbocycles. The summed E-state index contributed by atoms with van der Waals surface area (Å²) >= 11 is 0. The Morgan fingerprint density at radius 3 is 2.61 bits per heavy atom. The first-order valence-corrected chi connectivity index (χ1v) is 7.97. The number of nitrogens with zero attached hydrogens (tertiary/aromatic N) is 1. The maximum atomic E-state index is 12.1. The lowest BCUT2D eigenvalue weighted by Crippen LogP contribution is -2.48. The molecular weight excluding hydrogens is 298 g/mol. The molecule has 23 heavy (non-hydrogen) atoms. The van der Waals surface area contributed by atoms with Crippen LogP contribution in [0.3, 0.4) is 0 Å². The van der Waals surface area contributed by atoms with Crippen molar-refractivity contribution in [2.45, 2.75) is 31.8 Å². The third-order valence-corrected chi connectivity index (χ3v) is 5.20. The summed E-state index contributed by atoms with van der Waals surface area (Å²) in [6.45, 7) is 0.433. The highest BCUT2D eigenvalue weighted by molar-refractivity contribution is 5.74. The van der Waals surface area contributed by atoms with Crippen molar-refractivity contribution in [2.75, 3.05) is 6.61 Å². The summed E-state index contributed by atoms with van der Waals surface area (Å²) in [5.41, 5.74) is 0.836. The fourth-order valence-corrected chi connectivity index (χ4v) is 4.02. The van der Waals surface area contributed by atoms with Gasteiger partial charge in [-0.05, 0) is 36.7 Å². The molecule has 7 nitrogen and oxygen atoms in total. The van der Waals surface area contributed by atoms with Crippen LogP contribution in [0.5, 0.6) is 0 Å². The lowest BCUT2D eigenvalue weighted by molar-refractivity contribution is -0.384. The second-order valence-corrected chi connectivity index (χ2v) is 6.46. The molecule has 1 aromatic rings. The minimum atomic E-state index is -0.450. The number of urea groups is 1. The number of amides is 2. The van der Waals surface area contributed by atoms with Crippen molar-refractivity contribution in [3.63, 3.8) is 0 Å². The van der Waals surface area contributed by atoms with Crippen LogP contribution in [0.2, 0.25) is 0 Å². The van der Waals surface area contributed by atoms with E-state index in [4.69, 9.17) is 0 Å². The maximum Gasteiger partial charge on any atom is 0.315 e. The van der Waals surface area contributed by atoms with Crippen LogP contribution in [0.15, 0.2) is 24.3 Å². The van der Waals surface area contributed by atoms with E-state index < -0.39 is 4.92 Å². The van der Waals surface area contributed by atoms with Gasteiger partial charge in [-0.2, -0.15) is 0 Å². The van der Waals surface area contributed by atoms with Gasteiger partial charge in [-0.1, -0.05) is 12.1 Å². The van der Waals surface area contributed by atoms with Gasteiger partial charge in [0.05, 0.1) is 4.92 Å². The topological polar surface area (TPSA) is 104 Å². The van der Waals surface area contributed by atoms with E-state index in [9.17, 15) is 20.0 Å². The van der Waals surface area contributed by atoms with Crippen LogP contribution in [-0.2, 0) is 6.54 Å². The van der Waals surface area contributed by atoms with E-state index >= 15 is 0 Å². The highest BCUT2D eigenvalue weighted by Crippen LogP contribution is 2.48. The van der Waals surface area contributed by atoms with Gasteiger partial charge >= 0.3 is 6.03 Å². The van der Waals surface area contributed by atoms with E-state index in [-0.39, 0.29) is 30.3 Å². The van der Waals surface area contributed by atoms with Crippen LogP contribution in [0.4, 0.5) is 10.5 Å². The summed E-state index contributed by atoms with van der Waals surface area (Å²) in [5.74, 6) is 1.17. The molecule has 2 fully saturated rings. The van der Waals surface area contributed by atoms with Crippen molar-refractivity contribution < 1.29 is 14.8 Å². The average molecular weight is 319 g/mol. The van der Waals surface area contributed by atoms with Gasteiger partial charge in [0, 0.05) is 37.2 Å². The van der Waals surface area contributed by atoms with Gasteiger partial charge in [0.25, 0.3) is 5.69 Å². The molecule has 0 aromatic heterocycles. The average Bonchev–Trinajstić information content (AvgIpc) is 3.14. The third-order valence-electron chi connectivity index (χ3n) is 5.20. The molecule has 3 N–H and O–H groups in total. The molecule has 7 heteroatoms. The number of benzene rings is 1. The molecule has 0 radical (unpaired) electrons.